The maximum Gasteiger partial charge on any atom is 0.387 e. The van der Waals surface area contributed by atoms with Gasteiger partial charge in [-0.2, -0.15) is 8.78 Å². The molecule has 0 radical (unpaired) electrons. The predicted molar refractivity (Wildman–Crippen MR) is 98.0 cm³/mol. The van der Waals surface area contributed by atoms with Gasteiger partial charge in [-0.15, -0.1) is 0 Å². The summed E-state index contributed by atoms with van der Waals surface area (Å²) in [5.41, 5.74) is 0.633. The number of thiocarbonyl (C=S) groups is 1. The number of sulfone groups is 1. The minimum absolute atomic E-state index is 0.0659. The standard InChI is InChI=1S/C16H22F2N2O3S2/c1-2-3-9-20(13-8-10-25(21,22)11-13)16(24)19-12-4-6-14(7-5-12)23-15(17)18/h4-7,13,15H,2-3,8-11H2,1H3,(H,19,24)/t13-/m1/s1. The van der Waals surface area contributed by atoms with Crippen LogP contribution in [0.1, 0.15) is 26.2 Å². The van der Waals surface area contributed by atoms with Gasteiger partial charge in [0.1, 0.15) is 5.75 Å². The minimum atomic E-state index is -3.01. The Morgan fingerprint density at radius 1 is 1.40 bits per heavy atom. The minimum Gasteiger partial charge on any atom is -0.435 e. The summed E-state index contributed by atoms with van der Waals surface area (Å²) in [6.45, 7) is -0.134. The number of ether oxygens (including phenoxy) is 1. The van der Waals surface area contributed by atoms with Gasteiger partial charge in [0.05, 0.1) is 11.5 Å². The quantitative estimate of drug-likeness (QED) is 0.719. The van der Waals surface area contributed by atoms with Crippen LogP contribution in [0.2, 0.25) is 0 Å². The zero-order valence-electron chi connectivity index (χ0n) is 14.0. The van der Waals surface area contributed by atoms with Gasteiger partial charge in [0, 0.05) is 18.3 Å². The van der Waals surface area contributed by atoms with Gasteiger partial charge in [0.2, 0.25) is 0 Å². The number of rotatable bonds is 7. The van der Waals surface area contributed by atoms with E-state index in [9.17, 15) is 17.2 Å². The van der Waals surface area contributed by atoms with E-state index in [1.807, 2.05) is 4.90 Å². The number of nitrogens with zero attached hydrogens (tertiary/aromatic N) is 1. The van der Waals surface area contributed by atoms with Crippen molar-refractivity contribution in [2.75, 3.05) is 23.4 Å². The van der Waals surface area contributed by atoms with Crippen molar-refractivity contribution in [1.82, 2.24) is 4.90 Å². The van der Waals surface area contributed by atoms with E-state index >= 15 is 0 Å². The van der Waals surface area contributed by atoms with Crippen molar-refractivity contribution in [2.45, 2.75) is 38.8 Å². The van der Waals surface area contributed by atoms with E-state index in [1.165, 1.54) is 12.1 Å². The molecule has 1 aliphatic heterocycles. The lowest BCUT2D eigenvalue weighted by atomic mass is 10.2. The molecule has 1 aromatic rings. The summed E-state index contributed by atoms with van der Waals surface area (Å²) in [6.07, 6.45) is 2.44. The topological polar surface area (TPSA) is 58.6 Å². The molecule has 0 saturated carbocycles. The molecule has 2 rings (SSSR count). The van der Waals surface area contributed by atoms with Gasteiger partial charge >= 0.3 is 6.61 Å². The van der Waals surface area contributed by atoms with Crippen molar-refractivity contribution in [2.24, 2.45) is 0 Å². The molecule has 0 bridgehead atoms. The van der Waals surface area contributed by atoms with Crippen LogP contribution >= 0.6 is 12.2 Å². The van der Waals surface area contributed by atoms with Crippen LogP contribution in [-0.2, 0) is 9.84 Å². The average Bonchev–Trinajstić information content (AvgIpc) is 2.89. The zero-order valence-corrected chi connectivity index (χ0v) is 15.6. The van der Waals surface area contributed by atoms with Crippen LogP contribution in [0.4, 0.5) is 14.5 Å². The Labute approximate surface area is 152 Å². The number of unbranched alkanes of at least 4 members (excludes halogenated alkanes) is 1. The summed E-state index contributed by atoms with van der Waals surface area (Å²) >= 11 is 5.45. The molecule has 1 saturated heterocycles. The molecule has 1 heterocycles. The number of anilines is 1. The molecule has 140 valence electrons. The Morgan fingerprint density at radius 3 is 2.60 bits per heavy atom. The highest BCUT2D eigenvalue weighted by atomic mass is 32.2. The maximum atomic E-state index is 12.2. The number of benzene rings is 1. The number of hydrogen-bond acceptors (Lipinski definition) is 4. The molecule has 0 aliphatic carbocycles. The molecule has 0 spiro atoms. The SMILES string of the molecule is CCCCN(C(=S)Nc1ccc(OC(F)F)cc1)[C@@H]1CCS(=O)(=O)C1. The molecular weight excluding hydrogens is 370 g/mol. The van der Waals surface area contributed by atoms with Crippen LogP contribution in [0.3, 0.4) is 0 Å². The normalized spacial score (nSPS) is 19.0. The monoisotopic (exact) mass is 392 g/mol. The van der Waals surface area contributed by atoms with E-state index in [-0.39, 0.29) is 23.3 Å². The van der Waals surface area contributed by atoms with Crippen LogP contribution in [-0.4, -0.2) is 49.1 Å². The highest BCUT2D eigenvalue weighted by molar-refractivity contribution is 7.91. The highest BCUT2D eigenvalue weighted by Crippen LogP contribution is 2.21. The number of alkyl halides is 2. The van der Waals surface area contributed by atoms with Crippen molar-refractivity contribution in [3.63, 3.8) is 0 Å². The van der Waals surface area contributed by atoms with Gasteiger partial charge in [0.15, 0.2) is 14.9 Å². The Balaban J connectivity index is 2.03. The fraction of sp³-hybridized carbons (Fsp3) is 0.562. The Bertz CT molecular complexity index is 681. The molecule has 0 amide bonds. The molecule has 1 atom stereocenters. The summed E-state index contributed by atoms with van der Waals surface area (Å²) in [4.78, 5) is 1.92. The van der Waals surface area contributed by atoms with Gasteiger partial charge in [-0.25, -0.2) is 8.42 Å². The first-order chi connectivity index (χ1) is 11.8. The summed E-state index contributed by atoms with van der Waals surface area (Å²) in [7, 11) is -3.01. The third kappa shape index (κ3) is 6.07. The fourth-order valence-corrected chi connectivity index (χ4v) is 4.80. The van der Waals surface area contributed by atoms with E-state index in [1.54, 1.807) is 12.1 Å². The van der Waals surface area contributed by atoms with Crippen LogP contribution in [0.5, 0.6) is 5.75 Å². The largest absolute Gasteiger partial charge is 0.435 e. The van der Waals surface area contributed by atoms with Gasteiger partial charge in [0.25, 0.3) is 0 Å². The molecule has 0 aromatic heterocycles. The van der Waals surface area contributed by atoms with E-state index in [0.29, 0.717) is 23.8 Å². The third-order valence-corrected chi connectivity index (χ3v) is 6.08. The second-order valence-corrected chi connectivity index (χ2v) is 8.55. The summed E-state index contributed by atoms with van der Waals surface area (Å²) < 4.78 is 52.2. The predicted octanol–water partition coefficient (Wildman–Crippen LogP) is 3.27. The second kappa shape index (κ2) is 8.75. The summed E-state index contributed by atoms with van der Waals surface area (Å²) in [6, 6.07) is 5.90. The third-order valence-electron chi connectivity index (χ3n) is 3.99. The van der Waals surface area contributed by atoms with Crippen molar-refractivity contribution in [1.29, 1.82) is 0 Å². The van der Waals surface area contributed by atoms with Crippen LogP contribution in [0.25, 0.3) is 0 Å². The molecule has 1 N–H and O–H groups in total. The van der Waals surface area contributed by atoms with Crippen molar-refractivity contribution in [3.8, 4) is 5.75 Å². The maximum absolute atomic E-state index is 12.2. The number of nitrogens with one attached hydrogen (secondary N) is 1. The van der Waals surface area contributed by atoms with Crippen LogP contribution < -0.4 is 10.1 Å². The smallest absolute Gasteiger partial charge is 0.387 e. The van der Waals surface area contributed by atoms with Crippen molar-refractivity contribution >= 4 is 32.9 Å². The first-order valence-corrected chi connectivity index (χ1v) is 10.4. The molecular formula is C16H22F2N2O3S2. The summed E-state index contributed by atoms with van der Waals surface area (Å²) in [5.74, 6) is 0.360. The van der Waals surface area contributed by atoms with Gasteiger partial charge in [-0.05, 0) is 49.3 Å². The lowest BCUT2D eigenvalue weighted by Crippen LogP contribution is -2.44. The molecule has 9 heteroatoms. The van der Waals surface area contributed by atoms with Gasteiger partial charge in [-0.3, -0.25) is 0 Å². The van der Waals surface area contributed by atoms with E-state index in [2.05, 4.69) is 17.0 Å². The lowest BCUT2D eigenvalue weighted by molar-refractivity contribution is -0.0498. The Hall–Kier alpha value is -1.48. The average molecular weight is 392 g/mol. The second-order valence-electron chi connectivity index (χ2n) is 5.94. The van der Waals surface area contributed by atoms with Crippen LogP contribution in [0, 0.1) is 0 Å². The molecule has 1 aromatic carbocycles. The van der Waals surface area contributed by atoms with Gasteiger partial charge < -0.3 is 15.0 Å². The lowest BCUT2D eigenvalue weighted by Gasteiger charge is -2.31. The summed E-state index contributed by atoms with van der Waals surface area (Å²) in [5, 5.41) is 3.50. The number of hydrogen-bond donors (Lipinski definition) is 1. The zero-order chi connectivity index (χ0) is 18.4. The molecule has 0 unspecified atom stereocenters. The number of halogens is 2. The van der Waals surface area contributed by atoms with E-state index < -0.39 is 16.4 Å². The molecule has 25 heavy (non-hydrogen) atoms. The van der Waals surface area contributed by atoms with E-state index in [4.69, 9.17) is 12.2 Å². The Morgan fingerprint density at radius 2 is 2.08 bits per heavy atom. The highest BCUT2D eigenvalue weighted by Gasteiger charge is 2.33. The molecule has 1 fully saturated rings. The first-order valence-electron chi connectivity index (χ1n) is 8.13. The van der Waals surface area contributed by atoms with Gasteiger partial charge in [-0.1, -0.05) is 13.3 Å². The molecule has 1 aliphatic rings. The van der Waals surface area contributed by atoms with Crippen molar-refractivity contribution < 1.29 is 21.9 Å². The Kier molecular flexibility index (Phi) is 6.95. The van der Waals surface area contributed by atoms with Crippen molar-refractivity contribution in [3.05, 3.63) is 24.3 Å². The molecule has 5 nitrogen and oxygen atoms in total. The first kappa shape index (κ1) is 19.8. The van der Waals surface area contributed by atoms with E-state index in [0.717, 1.165) is 12.8 Å². The fourth-order valence-electron chi connectivity index (χ4n) is 2.71. The van der Waals surface area contributed by atoms with Crippen LogP contribution in [0.15, 0.2) is 24.3 Å².